The number of carbonyl (C=O) groups excluding carboxylic acids is 1. The van der Waals surface area contributed by atoms with Gasteiger partial charge in [0.05, 0.1) is 18.0 Å². The summed E-state index contributed by atoms with van der Waals surface area (Å²) in [6, 6.07) is 4.72. The molecule has 0 aromatic heterocycles. The third kappa shape index (κ3) is 3.73. The van der Waals surface area contributed by atoms with Crippen LogP contribution in [0.1, 0.15) is 12.5 Å². The van der Waals surface area contributed by atoms with Crippen LogP contribution in [0.2, 0.25) is 0 Å². The van der Waals surface area contributed by atoms with Crippen LogP contribution in [0, 0.1) is 23.0 Å². The van der Waals surface area contributed by atoms with E-state index in [2.05, 4.69) is 4.74 Å². The number of nitrogens with zero attached hydrogens (tertiary/aromatic N) is 1. The largest absolute Gasteiger partial charge is 0.469 e. The molecule has 1 unspecified atom stereocenters. The number of aryl methyl sites for hydroxylation is 1. The molecule has 1 aromatic carbocycles. The summed E-state index contributed by atoms with van der Waals surface area (Å²) in [7, 11) is 1.35. The molecule has 5 nitrogen and oxygen atoms in total. The highest BCUT2D eigenvalue weighted by Crippen LogP contribution is 2.28. The molecule has 0 saturated heterocycles. The molecule has 0 saturated carbocycles. The van der Waals surface area contributed by atoms with Gasteiger partial charge in [0.25, 0.3) is 5.69 Å². The van der Waals surface area contributed by atoms with Crippen molar-refractivity contribution < 1.29 is 14.5 Å². The Morgan fingerprint density at radius 2 is 2.22 bits per heavy atom. The van der Waals surface area contributed by atoms with Crippen LogP contribution in [0.3, 0.4) is 0 Å². The Hall–Kier alpha value is -1.56. The molecule has 0 amide bonds. The molecule has 0 radical (unpaired) electrons. The number of hydrogen-bond acceptors (Lipinski definition) is 5. The molecular formula is C12H15NO4S. The van der Waals surface area contributed by atoms with Crippen molar-refractivity contribution in [3.63, 3.8) is 0 Å². The summed E-state index contributed by atoms with van der Waals surface area (Å²) in [4.78, 5) is 22.3. The molecule has 0 N–H and O–H groups in total. The summed E-state index contributed by atoms with van der Waals surface area (Å²) in [5.41, 5.74) is 1.02. The van der Waals surface area contributed by atoms with E-state index in [9.17, 15) is 14.9 Å². The van der Waals surface area contributed by atoms with Gasteiger partial charge in [0.2, 0.25) is 0 Å². The maximum atomic E-state index is 11.2. The molecule has 18 heavy (non-hydrogen) atoms. The number of thioether (sulfide) groups is 1. The third-order valence-corrected chi connectivity index (χ3v) is 3.89. The lowest BCUT2D eigenvalue weighted by atomic mass is 10.2. The topological polar surface area (TPSA) is 69.4 Å². The van der Waals surface area contributed by atoms with Crippen LogP contribution < -0.4 is 0 Å². The Labute approximate surface area is 110 Å². The number of hydrogen-bond donors (Lipinski definition) is 0. The Bertz CT molecular complexity index is 461. The second kappa shape index (κ2) is 6.39. The van der Waals surface area contributed by atoms with Crippen LogP contribution in [0.25, 0.3) is 0 Å². The molecule has 0 heterocycles. The second-order valence-corrected chi connectivity index (χ2v) is 5.00. The van der Waals surface area contributed by atoms with Crippen molar-refractivity contribution >= 4 is 23.4 Å². The average molecular weight is 269 g/mol. The summed E-state index contributed by atoms with van der Waals surface area (Å²) in [5.74, 6) is 0.0264. The van der Waals surface area contributed by atoms with Gasteiger partial charge < -0.3 is 4.74 Å². The van der Waals surface area contributed by atoms with E-state index in [0.29, 0.717) is 5.75 Å². The van der Waals surface area contributed by atoms with E-state index in [0.717, 1.165) is 10.5 Å². The Balaban J connectivity index is 2.75. The van der Waals surface area contributed by atoms with Crippen molar-refractivity contribution in [3.8, 4) is 0 Å². The molecule has 0 aliphatic carbocycles. The van der Waals surface area contributed by atoms with Gasteiger partial charge in [-0.25, -0.2) is 0 Å². The number of benzene rings is 1. The molecule has 1 atom stereocenters. The highest BCUT2D eigenvalue weighted by Gasteiger charge is 2.15. The summed E-state index contributed by atoms with van der Waals surface area (Å²) < 4.78 is 4.63. The minimum Gasteiger partial charge on any atom is -0.469 e. The van der Waals surface area contributed by atoms with Crippen LogP contribution in [0.15, 0.2) is 23.1 Å². The zero-order valence-electron chi connectivity index (χ0n) is 10.5. The number of rotatable bonds is 5. The van der Waals surface area contributed by atoms with Gasteiger partial charge in [-0.1, -0.05) is 13.0 Å². The van der Waals surface area contributed by atoms with E-state index in [1.54, 1.807) is 13.0 Å². The maximum Gasteiger partial charge on any atom is 0.309 e. The first-order chi connectivity index (χ1) is 8.45. The first kappa shape index (κ1) is 14.5. The van der Waals surface area contributed by atoms with Gasteiger partial charge in [-0.2, -0.15) is 0 Å². The van der Waals surface area contributed by atoms with Gasteiger partial charge in [0.1, 0.15) is 0 Å². The van der Waals surface area contributed by atoms with Crippen molar-refractivity contribution in [1.29, 1.82) is 0 Å². The zero-order valence-corrected chi connectivity index (χ0v) is 11.3. The maximum absolute atomic E-state index is 11.2. The second-order valence-electron chi connectivity index (χ2n) is 3.94. The van der Waals surface area contributed by atoms with E-state index in [4.69, 9.17) is 0 Å². The highest BCUT2D eigenvalue weighted by molar-refractivity contribution is 7.99. The average Bonchev–Trinajstić information content (AvgIpc) is 2.36. The van der Waals surface area contributed by atoms with E-state index in [-0.39, 0.29) is 17.6 Å². The van der Waals surface area contributed by atoms with Crippen LogP contribution in [-0.2, 0) is 9.53 Å². The zero-order chi connectivity index (χ0) is 13.7. The van der Waals surface area contributed by atoms with Crippen LogP contribution in [0.5, 0.6) is 0 Å². The monoisotopic (exact) mass is 269 g/mol. The predicted octanol–water partition coefficient (Wildman–Crippen LogP) is 2.80. The molecule has 6 heteroatoms. The fraction of sp³-hybridized carbons (Fsp3) is 0.417. The Kier molecular flexibility index (Phi) is 5.15. The molecule has 0 aliphatic rings. The van der Waals surface area contributed by atoms with Crippen molar-refractivity contribution in [1.82, 2.24) is 0 Å². The van der Waals surface area contributed by atoms with Crippen molar-refractivity contribution in [2.45, 2.75) is 18.7 Å². The summed E-state index contributed by atoms with van der Waals surface area (Å²) in [6.07, 6.45) is 0. The molecule has 0 fully saturated rings. The van der Waals surface area contributed by atoms with Gasteiger partial charge in [0.15, 0.2) is 0 Å². The van der Waals surface area contributed by atoms with Crippen LogP contribution in [-0.4, -0.2) is 23.8 Å². The summed E-state index contributed by atoms with van der Waals surface area (Å²) in [6.45, 7) is 3.65. The van der Waals surface area contributed by atoms with E-state index < -0.39 is 4.92 Å². The quantitative estimate of drug-likeness (QED) is 0.356. The lowest BCUT2D eigenvalue weighted by Crippen LogP contribution is -2.14. The first-order valence-corrected chi connectivity index (χ1v) is 6.40. The summed E-state index contributed by atoms with van der Waals surface area (Å²) >= 11 is 1.43. The van der Waals surface area contributed by atoms with Crippen LogP contribution >= 0.6 is 11.8 Å². The number of nitro benzene ring substituents is 1. The molecule has 98 valence electrons. The Morgan fingerprint density at radius 1 is 1.56 bits per heavy atom. The van der Waals surface area contributed by atoms with Gasteiger partial charge in [-0.15, -0.1) is 11.8 Å². The minimum absolute atomic E-state index is 0.0637. The fourth-order valence-electron chi connectivity index (χ4n) is 1.34. The van der Waals surface area contributed by atoms with E-state index in [1.165, 1.54) is 31.0 Å². The summed E-state index contributed by atoms with van der Waals surface area (Å²) in [5, 5.41) is 10.7. The standard InChI is InChI=1S/C12H15NO4S/c1-8-4-5-10(13(15)16)6-11(8)18-7-9(2)12(14)17-3/h4-6,9H,7H2,1-3H3. The van der Waals surface area contributed by atoms with Crippen molar-refractivity contribution in [2.75, 3.05) is 12.9 Å². The highest BCUT2D eigenvalue weighted by atomic mass is 32.2. The molecule has 1 rings (SSSR count). The SMILES string of the molecule is COC(=O)C(C)CSc1cc([N+](=O)[O-])ccc1C. The molecule has 0 bridgehead atoms. The fourth-order valence-corrected chi connectivity index (χ4v) is 2.41. The minimum atomic E-state index is -0.423. The molecular weight excluding hydrogens is 254 g/mol. The third-order valence-electron chi connectivity index (χ3n) is 2.47. The van der Waals surface area contributed by atoms with Crippen molar-refractivity contribution in [3.05, 3.63) is 33.9 Å². The molecule has 0 aliphatic heterocycles. The number of non-ortho nitro benzene ring substituents is 1. The molecule has 1 aromatic rings. The predicted molar refractivity (Wildman–Crippen MR) is 69.7 cm³/mol. The number of methoxy groups -OCH3 is 1. The lowest BCUT2D eigenvalue weighted by molar-refractivity contribution is -0.385. The van der Waals surface area contributed by atoms with Crippen molar-refractivity contribution in [2.24, 2.45) is 5.92 Å². The lowest BCUT2D eigenvalue weighted by Gasteiger charge is -2.10. The normalized spacial score (nSPS) is 11.9. The number of esters is 1. The number of ether oxygens (including phenoxy) is 1. The first-order valence-electron chi connectivity index (χ1n) is 5.41. The number of nitro groups is 1. The van der Waals surface area contributed by atoms with E-state index in [1.807, 2.05) is 6.92 Å². The number of carbonyl (C=O) groups is 1. The van der Waals surface area contributed by atoms with Gasteiger partial charge >= 0.3 is 5.97 Å². The van der Waals surface area contributed by atoms with Gasteiger partial charge in [-0.05, 0) is 12.5 Å². The van der Waals surface area contributed by atoms with Gasteiger partial charge in [-0.3, -0.25) is 14.9 Å². The Morgan fingerprint density at radius 3 is 2.78 bits per heavy atom. The van der Waals surface area contributed by atoms with Gasteiger partial charge in [0, 0.05) is 22.8 Å². The molecule has 0 spiro atoms. The van der Waals surface area contributed by atoms with Crippen LogP contribution in [0.4, 0.5) is 5.69 Å². The smallest absolute Gasteiger partial charge is 0.309 e. The van der Waals surface area contributed by atoms with E-state index >= 15 is 0 Å².